The third kappa shape index (κ3) is 1.81. The van der Waals surface area contributed by atoms with E-state index in [9.17, 15) is 4.79 Å². The molecule has 0 atom stereocenters. The molecule has 2 aromatic carbocycles. The van der Waals surface area contributed by atoms with Crippen LogP contribution in [0.5, 0.6) is 0 Å². The van der Waals surface area contributed by atoms with Gasteiger partial charge in [-0.15, -0.1) is 0 Å². The van der Waals surface area contributed by atoms with Crippen LogP contribution in [-0.2, 0) is 18.4 Å². The summed E-state index contributed by atoms with van der Waals surface area (Å²) < 4.78 is 32.3. The lowest BCUT2D eigenvalue weighted by atomic mass is 9.31. The summed E-state index contributed by atoms with van der Waals surface area (Å²) in [5, 5.41) is 4.88. The number of carbonyl (C=O) groups is 1. The first-order chi connectivity index (χ1) is 12.4. The number of fused-ring (bicyclic) bond motifs is 1. The lowest BCUT2D eigenvalue weighted by Gasteiger charge is -2.73. The van der Waals surface area contributed by atoms with Crippen LogP contribution in [0.15, 0.2) is 48.7 Å². The van der Waals surface area contributed by atoms with E-state index < -0.39 is 11.3 Å². The SMILES string of the molecule is Cn1ncc2cc(C(F)(F)C34CC(c5ccc(C=O)cc5)(C3)C4)ccc21. The van der Waals surface area contributed by atoms with Crippen LogP contribution in [0.4, 0.5) is 8.78 Å². The number of aryl methyl sites for hydroxylation is 1. The average molecular weight is 352 g/mol. The third-order valence-corrected chi connectivity index (χ3v) is 6.46. The molecular formula is C21H18F2N2O. The van der Waals surface area contributed by atoms with E-state index in [-0.39, 0.29) is 11.0 Å². The molecule has 3 saturated carbocycles. The van der Waals surface area contributed by atoms with Crippen molar-refractivity contribution in [1.82, 2.24) is 9.78 Å². The number of hydrogen-bond donors (Lipinski definition) is 0. The number of hydrogen-bond acceptors (Lipinski definition) is 2. The smallest absolute Gasteiger partial charge is 0.278 e. The normalized spacial score (nSPS) is 27.0. The first-order valence-corrected chi connectivity index (χ1v) is 8.75. The average Bonchev–Trinajstić information content (AvgIpc) is 2.93. The Kier molecular flexibility index (Phi) is 2.88. The van der Waals surface area contributed by atoms with E-state index >= 15 is 8.78 Å². The van der Waals surface area contributed by atoms with Gasteiger partial charge in [0.1, 0.15) is 6.29 Å². The van der Waals surface area contributed by atoms with Gasteiger partial charge in [0.05, 0.1) is 11.7 Å². The van der Waals surface area contributed by atoms with Crippen LogP contribution in [0.2, 0.25) is 0 Å². The molecule has 3 nitrogen and oxygen atoms in total. The van der Waals surface area contributed by atoms with E-state index in [2.05, 4.69) is 5.10 Å². The highest BCUT2D eigenvalue weighted by molar-refractivity contribution is 5.79. The monoisotopic (exact) mass is 352 g/mol. The first kappa shape index (κ1) is 15.7. The van der Waals surface area contributed by atoms with Gasteiger partial charge in [-0.25, -0.2) is 8.78 Å². The van der Waals surface area contributed by atoms with Crippen LogP contribution in [0.1, 0.15) is 40.7 Å². The minimum absolute atomic E-state index is 0.0857. The zero-order valence-corrected chi connectivity index (χ0v) is 14.4. The second-order valence-electron chi connectivity index (χ2n) is 7.95. The minimum atomic E-state index is -2.85. The Morgan fingerprint density at radius 3 is 2.46 bits per heavy atom. The molecule has 1 aromatic heterocycles. The fourth-order valence-electron chi connectivity index (χ4n) is 5.01. The van der Waals surface area contributed by atoms with Crippen LogP contribution in [0, 0.1) is 5.41 Å². The van der Waals surface area contributed by atoms with Crippen molar-refractivity contribution >= 4 is 17.2 Å². The molecule has 0 spiro atoms. The topological polar surface area (TPSA) is 34.9 Å². The van der Waals surface area contributed by atoms with Crippen molar-refractivity contribution in [3.8, 4) is 0 Å². The molecule has 0 saturated heterocycles. The standard InChI is InChI=1S/C21H18F2N2O/c1-25-18-7-6-17(8-15(18)9-24-25)21(22,23)20-11-19(12-20,13-20)16-4-2-14(10-26)3-5-16/h2-10H,11-13H2,1H3. The number of benzene rings is 2. The zero-order chi connectivity index (χ0) is 18.2. The summed E-state index contributed by atoms with van der Waals surface area (Å²) in [6, 6.07) is 12.2. The van der Waals surface area contributed by atoms with Crippen molar-refractivity contribution < 1.29 is 13.6 Å². The van der Waals surface area contributed by atoms with Crippen molar-refractivity contribution in [2.24, 2.45) is 12.5 Å². The summed E-state index contributed by atoms with van der Waals surface area (Å²) in [5.41, 5.74) is 1.56. The van der Waals surface area contributed by atoms with Gasteiger partial charge in [0, 0.05) is 29.0 Å². The van der Waals surface area contributed by atoms with E-state index in [0.29, 0.717) is 24.8 Å². The number of aromatic nitrogens is 2. The molecule has 5 heteroatoms. The van der Waals surface area contributed by atoms with Gasteiger partial charge in [-0.2, -0.15) is 5.10 Å². The van der Waals surface area contributed by atoms with Gasteiger partial charge < -0.3 is 0 Å². The molecular weight excluding hydrogens is 334 g/mol. The summed E-state index contributed by atoms with van der Waals surface area (Å²) in [4.78, 5) is 10.8. The molecule has 0 unspecified atom stereocenters. The Labute approximate surface area is 149 Å². The van der Waals surface area contributed by atoms with Crippen LogP contribution >= 0.6 is 0 Å². The lowest BCUT2D eigenvalue weighted by Crippen LogP contribution is -2.70. The molecule has 6 rings (SSSR count). The Morgan fingerprint density at radius 2 is 1.81 bits per heavy atom. The first-order valence-electron chi connectivity index (χ1n) is 8.75. The molecule has 0 amide bonds. The molecule has 0 N–H and O–H groups in total. The predicted octanol–water partition coefficient (Wildman–Crippen LogP) is 4.60. The molecule has 3 aliphatic carbocycles. The Bertz CT molecular complexity index is 1020. The molecule has 0 radical (unpaired) electrons. The third-order valence-electron chi connectivity index (χ3n) is 6.46. The molecule has 1 heterocycles. The summed E-state index contributed by atoms with van der Waals surface area (Å²) >= 11 is 0. The Balaban J connectivity index is 1.42. The minimum Gasteiger partial charge on any atom is -0.298 e. The number of rotatable bonds is 4. The number of aldehydes is 1. The highest BCUT2D eigenvalue weighted by Gasteiger charge is 2.77. The maximum absolute atomic E-state index is 15.3. The summed E-state index contributed by atoms with van der Waals surface area (Å²) in [5.74, 6) is -2.85. The molecule has 3 aromatic rings. The van der Waals surface area contributed by atoms with E-state index in [4.69, 9.17) is 0 Å². The number of alkyl halides is 2. The largest absolute Gasteiger partial charge is 0.298 e. The van der Waals surface area contributed by atoms with Crippen molar-refractivity contribution in [2.75, 3.05) is 0 Å². The van der Waals surface area contributed by atoms with E-state index in [1.807, 2.05) is 12.1 Å². The van der Waals surface area contributed by atoms with Crippen LogP contribution in [0.3, 0.4) is 0 Å². The van der Waals surface area contributed by atoms with Crippen LogP contribution in [0.25, 0.3) is 10.9 Å². The molecule has 26 heavy (non-hydrogen) atoms. The fraction of sp³-hybridized carbons (Fsp3) is 0.333. The maximum atomic E-state index is 15.3. The molecule has 0 aliphatic heterocycles. The van der Waals surface area contributed by atoms with E-state index in [1.165, 1.54) is 6.07 Å². The van der Waals surface area contributed by atoms with Gasteiger partial charge in [0.2, 0.25) is 0 Å². The number of carbonyl (C=O) groups excluding carboxylic acids is 1. The second-order valence-corrected chi connectivity index (χ2v) is 7.95. The van der Waals surface area contributed by atoms with Crippen molar-refractivity contribution in [2.45, 2.75) is 30.6 Å². The van der Waals surface area contributed by atoms with Gasteiger partial charge >= 0.3 is 0 Å². The molecule has 3 aliphatic rings. The lowest BCUT2D eigenvalue weighted by molar-refractivity contribution is -0.288. The van der Waals surface area contributed by atoms with Crippen LogP contribution < -0.4 is 0 Å². The number of halogens is 2. The van der Waals surface area contributed by atoms with Gasteiger partial charge in [-0.05, 0) is 42.4 Å². The quantitative estimate of drug-likeness (QED) is 0.643. The summed E-state index contributed by atoms with van der Waals surface area (Å²) in [7, 11) is 1.81. The maximum Gasteiger partial charge on any atom is 0.278 e. The van der Waals surface area contributed by atoms with Crippen molar-refractivity contribution in [3.63, 3.8) is 0 Å². The predicted molar refractivity (Wildman–Crippen MR) is 94.4 cm³/mol. The van der Waals surface area contributed by atoms with Crippen LogP contribution in [-0.4, -0.2) is 16.1 Å². The Hall–Kier alpha value is -2.56. The highest BCUT2D eigenvalue weighted by Crippen LogP contribution is 2.80. The van der Waals surface area contributed by atoms with E-state index in [1.54, 1.807) is 42.2 Å². The molecule has 132 valence electrons. The summed E-state index contributed by atoms with van der Waals surface area (Å²) in [6.07, 6.45) is 3.93. The van der Waals surface area contributed by atoms with Crippen molar-refractivity contribution in [1.29, 1.82) is 0 Å². The fourth-order valence-corrected chi connectivity index (χ4v) is 5.01. The highest BCUT2D eigenvalue weighted by atomic mass is 19.3. The Morgan fingerprint density at radius 1 is 1.12 bits per heavy atom. The van der Waals surface area contributed by atoms with Gasteiger partial charge in [-0.3, -0.25) is 9.48 Å². The number of nitrogens with zero attached hydrogens (tertiary/aromatic N) is 2. The molecule has 3 fully saturated rings. The van der Waals surface area contributed by atoms with Gasteiger partial charge in [-0.1, -0.05) is 30.3 Å². The van der Waals surface area contributed by atoms with Crippen molar-refractivity contribution in [3.05, 3.63) is 65.4 Å². The zero-order valence-electron chi connectivity index (χ0n) is 14.4. The van der Waals surface area contributed by atoms with E-state index in [0.717, 1.165) is 22.8 Å². The van der Waals surface area contributed by atoms with Gasteiger partial charge in [0.25, 0.3) is 5.92 Å². The summed E-state index contributed by atoms with van der Waals surface area (Å²) in [6.45, 7) is 0. The van der Waals surface area contributed by atoms with Gasteiger partial charge in [0.15, 0.2) is 0 Å². The second kappa shape index (κ2) is 4.78. The molecule has 2 bridgehead atoms.